The monoisotopic (exact) mass is 505 g/mol. The fraction of sp³-hybridized carbons (Fsp3) is 0.370. The molecule has 0 aliphatic carbocycles. The van der Waals surface area contributed by atoms with Crippen LogP contribution in [0, 0.1) is 0 Å². The maximum absolute atomic E-state index is 13.6. The summed E-state index contributed by atoms with van der Waals surface area (Å²) in [4.78, 5) is 35.4. The molecule has 2 aliphatic heterocycles. The summed E-state index contributed by atoms with van der Waals surface area (Å²) in [5, 5.41) is 8.99. The van der Waals surface area contributed by atoms with Gasteiger partial charge in [0.05, 0.1) is 18.9 Å². The Kier molecular flexibility index (Phi) is 7.72. The van der Waals surface area contributed by atoms with E-state index < -0.39 is 6.04 Å². The minimum Gasteiger partial charge on any atom is -0.379 e. The lowest BCUT2D eigenvalue weighted by molar-refractivity contribution is -0.120. The summed E-state index contributed by atoms with van der Waals surface area (Å²) in [6, 6.07) is 16.3. The molecule has 5 rings (SSSR count). The van der Waals surface area contributed by atoms with Gasteiger partial charge in [0, 0.05) is 49.7 Å². The van der Waals surface area contributed by atoms with Crippen molar-refractivity contribution in [3.8, 4) is 0 Å². The van der Waals surface area contributed by atoms with E-state index in [0.717, 1.165) is 56.2 Å². The molecule has 3 aromatic rings. The third-order valence-electron chi connectivity index (χ3n) is 6.70. The average Bonchev–Trinajstić information content (AvgIpc) is 3.50. The summed E-state index contributed by atoms with van der Waals surface area (Å²) in [7, 11) is 0. The number of thiazole rings is 1. The highest BCUT2D eigenvalue weighted by molar-refractivity contribution is 7.13. The van der Waals surface area contributed by atoms with E-state index in [9.17, 15) is 9.59 Å². The third kappa shape index (κ3) is 5.49. The van der Waals surface area contributed by atoms with Crippen molar-refractivity contribution in [2.75, 3.05) is 44.7 Å². The number of benzene rings is 2. The van der Waals surface area contributed by atoms with Crippen molar-refractivity contribution in [2.45, 2.75) is 25.6 Å². The maximum atomic E-state index is 13.6. The van der Waals surface area contributed by atoms with Crippen molar-refractivity contribution in [2.24, 2.45) is 0 Å². The van der Waals surface area contributed by atoms with Gasteiger partial charge in [-0.15, -0.1) is 11.3 Å². The number of carbonyl (C=O) groups is 2. The Bertz CT molecular complexity index is 1190. The highest BCUT2D eigenvalue weighted by Gasteiger charge is 2.37. The van der Waals surface area contributed by atoms with Gasteiger partial charge in [0.2, 0.25) is 0 Å². The number of anilines is 1. The summed E-state index contributed by atoms with van der Waals surface area (Å²) in [5.41, 5.74) is 3.24. The van der Waals surface area contributed by atoms with Gasteiger partial charge in [-0.1, -0.05) is 48.5 Å². The molecule has 3 heterocycles. The molecule has 36 heavy (non-hydrogen) atoms. The van der Waals surface area contributed by atoms with Gasteiger partial charge in [-0.2, -0.15) is 0 Å². The van der Waals surface area contributed by atoms with Crippen LogP contribution >= 0.6 is 11.3 Å². The van der Waals surface area contributed by atoms with E-state index in [1.54, 1.807) is 4.90 Å². The molecule has 1 unspecified atom stereocenters. The number of rotatable bonds is 9. The average molecular weight is 506 g/mol. The van der Waals surface area contributed by atoms with Crippen LogP contribution in [0.25, 0.3) is 0 Å². The van der Waals surface area contributed by atoms with Gasteiger partial charge in [0.15, 0.2) is 5.13 Å². The smallest absolute Gasteiger partial charge is 0.255 e. The lowest BCUT2D eigenvalue weighted by Crippen LogP contribution is -2.40. The molecular formula is C27H31N5O3S. The molecule has 1 fully saturated rings. The topological polar surface area (TPSA) is 86.8 Å². The fourth-order valence-electron chi connectivity index (χ4n) is 4.68. The van der Waals surface area contributed by atoms with E-state index in [2.05, 4.69) is 27.4 Å². The molecule has 2 aliphatic rings. The van der Waals surface area contributed by atoms with E-state index in [1.807, 2.05) is 60.0 Å². The molecule has 1 saturated heterocycles. The molecule has 0 radical (unpaired) electrons. The first-order chi connectivity index (χ1) is 17.6. The largest absolute Gasteiger partial charge is 0.379 e. The number of ether oxygens (including phenoxy) is 1. The Morgan fingerprint density at radius 3 is 2.64 bits per heavy atom. The molecule has 2 aromatic carbocycles. The van der Waals surface area contributed by atoms with E-state index in [4.69, 9.17) is 4.74 Å². The van der Waals surface area contributed by atoms with Crippen molar-refractivity contribution < 1.29 is 14.3 Å². The predicted octanol–water partition coefficient (Wildman–Crippen LogP) is 3.46. The molecule has 0 bridgehead atoms. The van der Waals surface area contributed by atoms with Gasteiger partial charge in [-0.05, 0) is 24.1 Å². The predicted molar refractivity (Wildman–Crippen MR) is 140 cm³/mol. The Labute approximate surface area is 215 Å². The lowest BCUT2D eigenvalue weighted by atomic mass is 10.0. The van der Waals surface area contributed by atoms with Crippen LogP contribution in [0.4, 0.5) is 5.13 Å². The maximum Gasteiger partial charge on any atom is 0.255 e. The number of fused-ring (bicyclic) bond motifs is 1. The first kappa shape index (κ1) is 24.6. The molecule has 188 valence electrons. The van der Waals surface area contributed by atoms with Gasteiger partial charge < -0.3 is 15.0 Å². The first-order valence-electron chi connectivity index (χ1n) is 12.3. The van der Waals surface area contributed by atoms with E-state index >= 15 is 0 Å². The zero-order chi connectivity index (χ0) is 24.9. The molecular weight excluding hydrogens is 474 g/mol. The highest BCUT2D eigenvalue weighted by atomic mass is 32.1. The minimum absolute atomic E-state index is 0.0625. The molecule has 0 saturated carbocycles. The van der Waals surface area contributed by atoms with Gasteiger partial charge in [0.1, 0.15) is 6.04 Å². The summed E-state index contributed by atoms with van der Waals surface area (Å²) < 4.78 is 5.40. The lowest BCUT2D eigenvalue weighted by Gasteiger charge is -2.27. The Morgan fingerprint density at radius 1 is 1.11 bits per heavy atom. The standard InChI is InChI=1S/C27H31N5O3S/c1-19(28-11-12-31-13-15-35-16-14-31)23-18-36-27(29-23)30-25(33)24(20-7-3-2-4-8-20)32-17-21-9-5-6-10-22(21)26(32)34/h2-10,18-19,24,28H,11-17H2,1H3,(H,29,30,33)/t19?,24-/m1/s1. The van der Waals surface area contributed by atoms with Gasteiger partial charge >= 0.3 is 0 Å². The summed E-state index contributed by atoms with van der Waals surface area (Å²) >= 11 is 1.40. The molecule has 1 aromatic heterocycles. The fourth-order valence-corrected chi connectivity index (χ4v) is 5.49. The highest BCUT2D eigenvalue weighted by Crippen LogP contribution is 2.33. The summed E-state index contributed by atoms with van der Waals surface area (Å²) in [5.74, 6) is -0.399. The van der Waals surface area contributed by atoms with Crippen LogP contribution < -0.4 is 10.6 Å². The Hall–Kier alpha value is -3.11. The summed E-state index contributed by atoms with van der Waals surface area (Å²) in [6.07, 6.45) is 0. The number of hydrogen-bond acceptors (Lipinski definition) is 7. The first-order valence-corrected chi connectivity index (χ1v) is 13.2. The molecule has 2 N–H and O–H groups in total. The zero-order valence-corrected chi connectivity index (χ0v) is 21.2. The van der Waals surface area contributed by atoms with Crippen molar-refractivity contribution >= 4 is 28.3 Å². The van der Waals surface area contributed by atoms with Gasteiger partial charge in [-0.25, -0.2) is 4.98 Å². The van der Waals surface area contributed by atoms with Gasteiger partial charge in [0.25, 0.3) is 11.8 Å². The van der Waals surface area contributed by atoms with Crippen molar-refractivity contribution in [3.05, 3.63) is 82.4 Å². The molecule has 2 amide bonds. The number of hydrogen-bond donors (Lipinski definition) is 2. The Balaban J connectivity index is 1.25. The number of nitrogens with zero attached hydrogens (tertiary/aromatic N) is 3. The second-order valence-electron chi connectivity index (χ2n) is 9.10. The van der Waals surface area contributed by atoms with E-state index in [1.165, 1.54) is 11.3 Å². The van der Waals surface area contributed by atoms with Crippen LogP contribution in [0.1, 0.15) is 46.2 Å². The molecule has 8 nitrogen and oxygen atoms in total. The van der Waals surface area contributed by atoms with Crippen molar-refractivity contribution in [1.82, 2.24) is 20.1 Å². The number of nitrogens with one attached hydrogen (secondary N) is 2. The third-order valence-corrected chi connectivity index (χ3v) is 7.48. The Morgan fingerprint density at radius 2 is 1.86 bits per heavy atom. The SMILES string of the molecule is CC(NCCN1CCOCC1)c1csc(NC(=O)[C@@H](c2ccccc2)N2Cc3ccccc3C2=O)n1. The van der Waals surface area contributed by atoms with Crippen LogP contribution in [0.2, 0.25) is 0 Å². The van der Waals surface area contributed by atoms with Crippen LogP contribution in [-0.2, 0) is 16.1 Å². The second-order valence-corrected chi connectivity index (χ2v) is 9.96. The molecule has 0 spiro atoms. The van der Waals surface area contributed by atoms with Crippen molar-refractivity contribution in [1.29, 1.82) is 0 Å². The quantitative estimate of drug-likeness (QED) is 0.463. The van der Waals surface area contributed by atoms with Crippen LogP contribution in [0.5, 0.6) is 0 Å². The number of amides is 2. The van der Waals surface area contributed by atoms with Gasteiger partial charge in [-0.3, -0.25) is 19.8 Å². The number of carbonyl (C=O) groups excluding carboxylic acids is 2. The molecule has 9 heteroatoms. The zero-order valence-electron chi connectivity index (χ0n) is 20.4. The second kappa shape index (κ2) is 11.3. The minimum atomic E-state index is -0.748. The normalized spacial score (nSPS) is 17.6. The van der Waals surface area contributed by atoms with Crippen LogP contribution in [0.3, 0.4) is 0 Å². The van der Waals surface area contributed by atoms with Crippen LogP contribution in [-0.4, -0.2) is 66.0 Å². The van der Waals surface area contributed by atoms with Crippen molar-refractivity contribution in [3.63, 3.8) is 0 Å². The van der Waals surface area contributed by atoms with Crippen LogP contribution in [0.15, 0.2) is 60.0 Å². The number of aromatic nitrogens is 1. The number of morpholine rings is 1. The summed E-state index contributed by atoms with van der Waals surface area (Å²) in [6.45, 7) is 7.82. The molecule has 2 atom stereocenters. The van der Waals surface area contributed by atoms with E-state index in [0.29, 0.717) is 17.2 Å². The van der Waals surface area contributed by atoms with E-state index in [-0.39, 0.29) is 17.9 Å².